The Morgan fingerprint density at radius 3 is 2.45 bits per heavy atom. The van der Waals surface area contributed by atoms with Crippen LogP contribution in [0.2, 0.25) is 0 Å². The van der Waals surface area contributed by atoms with Crippen LogP contribution in [-0.4, -0.2) is 40.6 Å². The molecule has 1 N–H and O–H groups in total. The highest BCUT2D eigenvalue weighted by Gasteiger charge is 2.64. The molecule has 31 heavy (non-hydrogen) atoms. The molecule has 1 aromatic heterocycles. The standard InChI is InChI=1S/C24H29N3O4/c1-7-27-22(28)19-20(23(27)29)24(6,15(5)30-8-2)25-21(19)17-11-9-16(10-12-17)18-13(3)26-31-14(18)4/h9-12,19-21,25H,5,7-8H2,1-4,6H3/t19-,20-,21-,24+/m1/s1. The predicted molar refractivity (Wildman–Crippen MR) is 116 cm³/mol. The van der Waals surface area contributed by atoms with Crippen LogP contribution in [0.3, 0.4) is 0 Å². The number of ether oxygens (including phenoxy) is 1. The van der Waals surface area contributed by atoms with E-state index in [4.69, 9.17) is 9.26 Å². The van der Waals surface area contributed by atoms with Crippen molar-refractivity contribution in [3.63, 3.8) is 0 Å². The number of fused-ring (bicyclic) bond motifs is 1. The van der Waals surface area contributed by atoms with Gasteiger partial charge in [0.05, 0.1) is 29.7 Å². The highest BCUT2D eigenvalue weighted by molar-refractivity contribution is 6.07. The summed E-state index contributed by atoms with van der Waals surface area (Å²) in [6, 6.07) is 7.68. The molecular weight excluding hydrogens is 394 g/mol. The number of imide groups is 1. The molecule has 2 fully saturated rings. The van der Waals surface area contributed by atoms with E-state index in [0.29, 0.717) is 18.9 Å². The highest BCUT2D eigenvalue weighted by atomic mass is 16.5. The minimum Gasteiger partial charge on any atom is -0.497 e. The Morgan fingerprint density at radius 2 is 1.90 bits per heavy atom. The molecule has 2 aromatic rings. The smallest absolute Gasteiger partial charge is 0.235 e. The molecule has 3 heterocycles. The number of hydrogen-bond acceptors (Lipinski definition) is 6. The summed E-state index contributed by atoms with van der Waals surface area (Å²) in [4.78, 5) is 27.7. The number of likely N-dealkylation sites (tertiary alicyclic amines) is 1. The quantitative estimate of drug-likeness (QED) is 0.565. The third-order valence-electron chi connectivity index (χ3n) is 6.68. The maximum absolute atomic E-state index is 13.2. The lowest BCUT2D eigenvalue weighted by Gasteiger charge is -2.32. The summed E-state index contributed by atoms with van der Waals surface area (Å²) < 4.78 is 11.0. The second-order valence-electron chi connectivity index (χ2n) is 8.43. The van der Waals surface area contributed by atoms with E-state index in [2.05, 4.69) is 17.1 Å². The van der Waals surface area contributed by atoms with Crippen LogP contribution in [0.15, 0.2) is 41.1 Å². The summed E-state index contributed by atoms with van der Waals surface area (Å²) in [5, 5.41) is 7.56. The minimum absolute atomic E-state index is 0.141. The first kappa shape index (κ1) is 21.3. The third kappa shape index (κ3) is 3.10. The molecule has 7 heteroatoms. The molecule has 0 bridgehead atoms. The van der Waals surface area contributed by atoms with E-state index >= 15 is 0 Å². The maximum atomic E-state index is 13.2. The predicted octanol–water partition coefficient (Wildman–Crippen LogP) is 3.53. The third-order valence-corrected chi connectivity index (χ3v) is 6.68. The van der Waals surface area contributed by atoms with Crippen molar-refractivity contribution < 1.29 is 18.8 Å². The van der Waals surface area contributed by atoms with Crippen molar-refractivity contribution in [1.29, 1.82) is 0 Å². The Labute approximate surface area is 182 Å². The number of nitrogens with one attached hydrogen (secondary N) is 1. The average Bonchev–Trinajstić information content (AvgIpc) is 3.34. The van der Waals surface area contributed by atoms with Crippen LogP contribution in [0.4, 0.5) is 0 Å². The molecule has 0 saturated carbocycles. The van der Waals surface area contributed by atoms with Crippen molar-refractivity contribution in [3.05, 3.63) is 53.6 Å². The van der Waals surface area contributed by atoms with Gasteiger partial charge >= 0.3 is 0 Å². The van der Waals surface area contributed by atoms with Crippen LogP contribution >= 0.6 is 0 Å². The Kier molecular flexibility index (Phi) is 5.25. The SMILES string of the molecule is C=C(OCC)[C@]1(C)N[C@H](c2ccc(-c3c(C)noc3C)cc2)[C@@H]2C(=O)N(CC)C(=O)[C@@H]21. The van der Waals surface area contributed by atoms with Gasteiger partial charge in [-0.05, 0) is 45.7 Å². The fourth-order valence-electron chi connectivity index (χ4n) is 5.13. The first-order chi connectivity index (χ1) is 14.7. The van der Waals surface area contributed by atoms with E-state index in [-0.39, 0.29) is 17.9 Å². The van der Waals surface area contributed by atoms with Crippen molar-refractivity contribution in [3.8, 4) is 11.1 Å². The Balaban J connectivity index is 1.73. The first-order valence-corrected chi connectivity index (χ1v) is 10.7. The minimum atomic E-state index is -0.831. The Hall–Kier alpha value is -2.93. The molecule has 0 radical (unpaired) electrons. The van der Waals surface area contributed by atoms with Gasteiger partial charge in [0.1, 0.15) is 11.5 Å². The summed E-state index contributed by atoms with van der Waals surface area (Å²) in [7, 11) is 0. The van der Waals surface area contributed by atoms with Gasteiger partial charge in [-0.1, -0.05) is 36.0 Å². The highest BCUT2D eigenvalue weighted by Crippen LogP contribution is 2.51. The lowest BCUT2D eigenvalue weighted by molar-refractivity contribution is -0.140. The molecule has 0 unspecified atom stereocenters. The molecule has 0 aliphatic carbocycles. The van der Waals surface area contributed by atoms with Gasteiger partial charge in [0.2, 0.25) is 11.8 Å². The molecule has 164 valence electrons. The van der Waals surface area contributed by atoms with Gasteiger partial charge in [-0.25, -0.2) is 0 Å². The number of aryl methyl sites for hydroxylation is 2. The number of carbonyl (C=O) groups is 2. The monoisotopic (exact) mass is 423 g/mol. The van der Waals surface area contributed by atoms with Crippen molar-refractivity contribution >= 4 is 11.8 Å². The second kappa shape index (κ2) is 7.64. The van der Waals surface area contributed by atoms with Crippen molar-refractivity contribution in [2.24, 2.45) is 11.8 Å². The fourth-order valence-corrected chi connectivity index (χ4v) is 5.13. The van der Waals surface area contributed by atoms with Crippen molar-refractivity contribution in [1.82, 2.24) is 15.4 Å². The molecule has 2 aliphatic rings. The molecule has 4 atom stereocenters. The zero-order valence-corrected chi connectivity index (χ0v) is 18.7. The van der Waals surface area contributed by atoms with E-state index < -0.39 is 17.4 Å². The summed E-state index contributed by atoms with van der Waals surface area (Å²) in [6.07, 6.45) is 0. The van der Waals surface area contributed by atoms with Crippen molar-refractivity contribution in [2.45, 2.75) is 46.2 Å². The number of hydrogen-bond donors (Lipinski definition) is 1. The number of amides is 2. The van der Waals surface area contributed by atoms with Gasteiger partial charge in [0, 0.05) is 18.2 Å². The Bertz CT molecular complexity index is 1020. The number of benzene rings is 1. The van der Waals surface area contributed by atoms with E-state index in [9.17, 15) is 9.59 Å². The number of carbonyl (C=O) groups excluding carboxylic acids is 2. The van der Waals surface area contributed by atoms with Gasteiger partial charge in [-0.15, -0.1) is 0 Å². The summed E-state index contributed by atoms with van der Waals surface area (Å²) in [5.74, 6) is -0.106. The summed E-state index contributed by atoms with van der Waals surface area (Å²) >= 11 is 0. The fraction of sp³-hybridized carbons (Fsp3) is 0.458. The van der Waals surface area contributed by atoms with Crippen molar-refractivity contribution in [2.75, 3.05) is 13.2 Å². The van der Waals surface area contributed by atoms with E-state index in [1.807, 2.05) is 58.9 Å². The second-order valence-corrected chi connectivity index (χ2v) is 8.43. The van der Waals surface area contributed by atoms with E-state index in [0.717, 1.165) is 28.1 Å². The number of aromatic nitrogens is 1. The zero-order valence-electron chi connectivity index (χ0n) is 18.7. The van der Waals surface area contributed by atoms with Crippen LogP contribution < -0.4 is 5.32 Å². The molecule has 4 rings (SSSR count). The number of nitrogens with zero attached hydrogens (tertiary/aromatic N) is 2. The molecule has 0 spiro atoms. The normalized spacial score (nSPS) is 27.6. The van der Waals surface area contributed by atoms with Crippen LogP contribution in [0.25, 0.3) is 11.1 Å². The molecule has 1 aromatic carbocycles. The van der Waals surface area contributed by atoms with Crippen LogP contribution in [-0.2, 0) is 14.3 Å². The molecule has 2 aliphatic heterocycles. The Morgan fingerprint density at radius 1 is 1.23 bits per heavy atom. The zero-order chi connectivity index (χ0) is 22.5. The van der Waals surface area contributed by atoms with Crippen LogP contribution in [0, 0.1) is 25.7 Å². The lowest BCUT2D eigenvalue weighted by atomic mass is 9.79. The van der Waals surface area contributed by atoms with Gasteiger partial charge < -0.3 is 9.26 Å². The maximum Gasteiger partial charge on any atom is 0.235 e. The number of rotatable bonds is 6. The van der Waals surface area contributed by atoms with Gasteiger partial charge in [0.25, 0.3) is 0 Å². The molecule has 2 saturated heterocycles. The molecular formula is C24H29N3O4. The molecule has 7 nitrogen and oxygen atoms in total. The summed E-state index contributed by atoms with van der Waals surface area (Å²) in [5.41, 5.74) is 2.92. The lowest BCUT2D eigenvalue weighted by Crippen LogP contribution is -2.49. The van der Waals surface area contributed by atoms with Crippen LogP contribution in [0.1, 0.15) is 43.8 Å². The van der Waals surface area contributed by atoms with Gasteiger partial charge in [-0.2, -0.15) is 0 Å². The van der Waals surface area contributed by atoms with Gasteiger partial charge in [0.15, 0.2) is 0 Å². The summed E-state index contributed by atoms with van der Waals surface area (Å²) in [6.45, 7) is 14.3. The van der Waals surface area contributed by atoms with E-state index in [1.54, 1.807) is 0 Å². The largest absolute Gasteiger partial charge is 0.497 e. The topological polar surface area (TPSA) is 84.7 Å². The average molecular weight is 424 g/mol. The van der Waals surface area contributed by atoms with E-state index in [1.165, 1.54) is 4.90 Å². The van der Waals surface area contributed by atoms with Gasteiger partial charge in [-0.3, -0.25) is 19.8 Å². The first-order valence-electron chi connectivity index (χ1n) is 10.7. The molecule has 2 amide bonds. The van der Waals surface area contributed by atoms with Crippen LogP contribution in [0.5, 0.6) is 0 Å².